The van der Waals surface area contributed by atoms with Crippen molar-refractivity contribution < 1.29 is 9.66 Å². The number of hydrogen-bond acceptors (Lipinski definition) is 5. The second-order valence-corrected chi connectivity index (χ2v) is 4.53. The fraction of sp³-hybridized carbons (Fsp3) is 0.214. The Morgan fingerprint density at radius 1 is 1.30 bits per heavy atom. The predicted molar refractivity (Wildman–Crippen MR) is 73.8 cm³/mol. The van der Waals surface area contributed by atoms with E-state index in [2.05, 4.69) is 10.3 Å². The summed E-state index contributed by atoms with van der Waals surface area (Å²) < 4.78 is 5.59. The van der Waals surface area contributed by atoms with Crippen molar-refractivity contribution in [2.24, 2.45) is 0 Å². The first-order chi connectivity index (χ1) is 9.74. The van der Waals surface area contributed by atoms with E-state index in [1.165, 1.54) is 12.3 Å². The van der Waals surface area contributed by atoms with Gasteiger partial charge in [-0.25, -0.2) is 4.98 Å². The molecule has 1 aromatic heterocycles. The van der Waals surface area contributed by atoms with Gasteiger partial charge in [-0.2, -0.15) is 0 Å². The SMILES string of the molecule is O=[N+]([O-])c1ccc(N[C@@H]2CCOc3ccccc32)nc1. The zero-order valence-electron chi connectivity index (χ0n) is 10.7. The minimum atomic E-state index is -0.458. The number of anilines is 1. The lowest BCUT2D eigenvalue weighted by atomic mass is 10.0. The van der Waals surface area contributed by atoms with Crippen LogP contribution in [0.15, 0.2) is 42.6 Å². The minimum absolute atomic E-state index is 0.0112. The highest BCUT2D eigenvalue weighted by molar-refractivity contribution is 5.46. The van der Waals surface area contributed by atoms with Crippen LogP contribution in [0.4, 0.5) is 11.5 Å². The number of aromatic nitrogens is 1. The Hall–Kier alpha value is -2.63. The van der Waals surface area contributed by atoms with E-state index in [1.54, 1.807) is 6.07 Å². The van der Waals surface area contributed by atoms with Gasteiger partial charge in [0.05, 0.1) is 17.6 Å². The number of nitrogens with one attached hydrogen (secondary N) is 1. The Bertz CT molecular complexity index is 628. The quantitative estimate of drug-likeness (QED) is 0.686. The molecule has 1 N–H and O–H groups in total. The van der Waals surface area contributed by atoms with Crippen LogP contribution >= 0.6 is 0 Å². The Balaban J connectivity index is 1.80. The highest BCUT2D eigenvalue weighted by Crippen LogP contribution is 2.33. The third-order valence-electron chi connectivity index (χ3n) is 3.24. The zero-order chi connectivity index (χ0) is 13.9. The second kappa shape index (κ2) is 5.16. The van der Waals surface area contributed by atoms with Gasteiger partial charge in [0.15, 0.2) is 0 Å². The van der Waals surface area contributed by atoms with Crippen LogP contribution < -0.4 is 10.1 Å². The number of pyridine rings is 1. The average Bonchev–Trinajstić information content (AvgIpc) is 2.48. The summed E-state index contributed by atoms with van der Waals surface area (Å²) in [6, 6.07) is 11.0. The smallest absolute Gasteiger partial charge is 0.287 e. The summed E-state index contributed by atoms with van der Waals surface area (Å²) in [5.41, 5.74) is 1.07. The lowest BCUT2D eigenvalue weighted by Crippen LogP contribution is -2.20. The summed E-state index contributed by atoms with van der Waals surface area (Å²) in [5.74, 6) is 1.50. The topological polar surface area (TPSA) is 77.3 Å². The van der Waals surface area contributed by atoms with Crippen LogP contribution in [0.2, 0.25) is 0 Å². The molecule has 20 heavy (non-hydrogen) atoms. The van der Waals surface area contributed by atoms with Gasteiger partial charge in [0, 0.05) is 18.1 Å². The number of ether oxygens (including phenoxy) is 1. The summed E-state index contributed by atoms with van der Waals surface area (Å²) in [6.45, 7) is 0.641. The summed E-state index contributed by atoms with van der Waals surface area (Å²) in [5, 5.41) is 13.9. The van der Waals surface area contributed by atoms with E-state index in [-0.39, 0.29) is 11.7 Å². The fourth-order valence-corrected chi connectivity index (χ4v) is 2.25. The molecule has 1 aliphatic rings. The number of nitro groups is 1. The monoisotopic (exact) mass is 271 g/mol. The molecule has 1 aliphatic heterocycles. The molecule has 102 valence electrons. The molecule has 2 aromatic rings. The highest BCUT2D eigenvalue weighted by Gasteiger charge is 2.21. The predicted octanol–water partition coefficient (Wildman–Crippen LogP) is 2.93. The molecule has 0 fully saturated rings. The molecule has 2 heterocycles. The van der Waals surface area contributed by atoms with Crippen LogP contribution in [-0.4, -0.2) is 16.5 Å². The number of rotatable bonds is 3. The van der Waals surface area contributed by atoms with E-state index in [0.29, 0.717) is 12.4 Å². The van der Waals surface area contributed by atoms with Gasteiger partial charge in [0.1, 0.15) is 17.8 Å². The summed E-state index contributed by atoms with van der Waals surface area (Å²) in [6.07, 6.45) is 2.09. The Morgan fingerprint density at radius 3 is 2.90 bits per heavy atom. The van der Waals surface area contributed by atoms with Crippen molar-refractivity contribution in [1.29, 1.82) is 0 Å². The van der Waals surface area contributed by atoms with Crippen LogP contribution in [0.1, 0.15) is 18.0 Å². The number of fused-ring (bicyclic) bond motifs is 1. The molecular formula is C14H13N3O3. The van der Waals surface area contributed by atoms with Crippen molar-refractivity contribution in [2.75, 3.05) is 11.9 Å². The fourth-order valence-electron chi connectivity index (χ4n) is 2.25. The Morgan fingerprint density at radius 2 is 2.15 bits per heavy atom. The maximum absolute atomic E-state index is 10.6. The largest absolute Gasteiger partial charge is 0.493 e. The number of nitrogens with zero attached hydrogens (tertiary/aromatic N) is 2. The molecule has 0 bridgehead atoms. The molecule has 0 spiro atoms. The molecule has 1 aromatic carbocycles. The summed E-state index contributed by atoms with van der Waals surface area (Å²) in [7, 11) is 0. The number of para-hydroxylation sites is 1. The molecule has 3 rings (SSSR count). The van der Waals surface area contributed by atoms with Gasteiger partial charge < -0.3 is 10.1 Å². The maximum atomic E-state index is 10.6. The van der Waals surface area contributed by atoms with Gasteiger partial charge in [-0.3, -0.25) is 10.1 Å². The molecule has 0 radical (unpaired) electrons. The first-order valence-corrected chi connectivity index (χ1v) is 6.33. The minimum Gasteiger partial charge on any atom is -0.493 e. The molecule has 1 atom stereocenters. The normalized spacial score (nSPS) is 16.9. The van der Waals surface area contributed by atoms with E-state index >= 15 is 0 Å². The van der Waals surface area contributed by atoms with E-state index in [0.717, 1.165) is 17.7 Å². The number of hydrogen-bond donors (Lipinski definition) is 1. The van der Waals surface area contributed by atoms with Crippen molar-refractivity contribution in [2.45, 2.75) is 12.5 Å². The Labute approximate surface area is 115 Å². The van der Waals surface area contributed by atoms with Crippen LogP contribution in [0, 0.1) is 10.1 Å². The van der Waals surface area contributed by atoms with Gasteiger partial charge in [0.25, 0.3) is 5.69 Å². The van der Waals surface area contributed by atoms with Crippen LogP contribution in [-0.2, 0) is 0 Å². The van der Waals surface area contributed by atoms with E-state index in [1.807, 2.05) is 24.3 Å². The van der Waals surface area contributed by atoms with E-state index in [9.17, 15) is 10.1 Å². The van der Waals surface area contributed by atoms with Gasteiger partial charge in [0.2, 0.25) is 0 Å². The summed E-state index contributed by atoms with van der Waals surface area (Å²) in [4.78, 5) is 14.2. The average molecular weight is 271 g/mol. The standard InChI is InChI=1S/C14H13N3O3/c18-17(19)10-5-6-14(15-9-10)16-12-7-8-20-13-4-2-1-3-11(12)13/h1-6,9,12H,7-8H2,(H,15,16)/t12-/m1/s1. The third kappa shape index (κ3) is 2.40. The first-order valence-electron chi connectivity index (χ1n) is 6.33. The molecular weight excluding hydrogens is 258 g/mol. The molecule has 0 saturated carbocycles. The Kier molecular flexibility index (Phi) is 3.20. The van der Waals surface area contributed by atoms with Crippen LogP contribution in [0.5, 0.6) is 5.75 Å². The molecule has 0 amide bonds. The lowest BCUT2D eigenvalue weighted by Gasteiger charge is -2.26. The van der Waals surface area contributed by atoms with Crippen LogP contribution in [0.3, 0.4) is 0 Å². The first kappa shape index (κ1) is 12.4. The van der Waals surface area contributed by atoms with Gasteiger partial charge in [-0.1, -0.05) is 18.2 Å². The van der Waals surface area contributed by atoms with Crippen LogP contribution in [0.25, 0.3) is 0 Å². The van der Waals surface area contributed by atoms with Crippen molar-refractivity contribution >= 4 is 11.5 Å². The molecule has 0 aliphatic carbocycles. The van der Waals surface area contributed by atoms with Crippen molar-refractivity contribution in [3.63, 3.8) is 0 Å². The van der Waals surface area contributed by atoms with Gasteiger partial charge >= 0.3 is 0 Å². The lowest BCUT2D eigenvalue weighted by molar-refractivity contribution is -0.385. The molecule has 6 nitrogen and oxygen atoms in total. The van der Waals surface area contributed by atoms with Crippen molar-refractivity contribution in [3.05, 3.63) is 58.3 Å². The number of benzene rings is 1. The van der Waals surface area contributed by atoms with E-state index in [4.69, 9.17) is 4.74 Å². The zero-order valence-corrected chi connectivity index (χ0v) is 10.7. The van der Waals surface area contributed by atoms with Gasteiger partial charge in [-0.15, -0.1) is 0 Å². The second-order valence-electron chi connectivity index (χ2n) is 4.53. The molecule has 0 unspecified atom stereocenters. The third-order valence-corrected chi connectivity index (χ3v) is 3.24. The maximum Gasteiger partial charge on any atom is 0.287 e. The van der Waals surface area contributed by atoms with E-state index < -0.39 is 4.92 Å². The van der Waals surface area contributed by atoms with Crippen molar-refractivity contribution in [1.82, 2.24) is 4.98 Å². The molecule has 0 saturated heterocycles. The highest BCUT2D eigenvalue weighted by atomic mass is 16.6. The summed E-state index contributed by atoms with van der Waals surface area (Å²) >= 11 is 0. The van der Waals surface area contributed by atoms with Crippen molar-refractivity contribution in [3.8, 4) is 5.75 Å². The molecule has 6 heteroatoms. The van der Waals surface area contributed by atoms with Gasteiger partial charge in [-0.05, 0) is 12.1 Å².